The van der Waals surface area contributed by atoms with Gasteiger partial charge in [-0.25, -0.2) is 0 Å². The summed E-state index contributed by atoms with van der Waals surface area (Å²) in [6.07, 6.45) is 5.53. The fourth-order valence-corrected chi connectivity index (χ4v) is 0.886. The number of carbonyl (C=O) groups excluding carboxylic acids is 1. The van der Waals surface area contributed by atoms with Crippen molar-refractivity contribution in [2.24, 2.45) is 5.14 Å². The number of nitrogens with one attached hydrogen (secondary N) is 1. The van der Waals surface area contributed by atoms with Gasteiger partial charge in [-0.1, -0.05) is 24.1 Å². The summed E-state index contributed by atoms with van der Waals surface area (Å²) in [4.78, 5) is 11.0. The molecule has 1 amide bonds. The van der Waals surface area contributed by atoms with Gasteiger partial charge in [0, 0.05) is 5.70 Å². The van der Waals surface area contributed by atoms with Gasteiger partial charge in [-0.15, -0.1) is 0 Å². The topological polar surface area (TPSA) is 55.1 Å². The van der Waals surface area contributed by atoms with Crippen molar-refractivity contribution in [2.45, 2.75) is 13.8 Å². The van der Waals surface area contributed by atoms with E-state index in [4.69, 9.17) is 5.14 Å². The van der Waals surface area contributed by atoms with Crippen molar-refractivity contribution in [2.75, 3.05) is 5.75 Å². The van der Waals surface area contributed by atoms with Crippen molar-refractivity contribution in [3.8, 4) is 0 Å². The maximum absolute atomic E-state index is 11.0. The van der Waals surface area contributed by atoms with Crippen LogP contribution in [0.5, 0.6) is 0 Å². The lowest BCUT2D eigenvalue weighted by Gasteiger charge is -2.02. The molecule has 0 heterocycles. The zero-order chi connectivity index (χ0) is 9.40. The van der Waals surface area contributed by atoms with Gasteiger partial charge in [0.15, 0.2) is 0 Å². The summed E-state index contributed by atoms with van der Waals surface area (Å²) in [7, 11) is 0. The normalized spacial score (nSPS) is 12.1. The fourth-order valence-electron chi connectivity index (χ4n) is 0.662. The molecule has 0 aliphatic rings. The third kappa shape index (κ3) is 4.98. The molecule has 68 valence electrons. The highest BCUT2D eigenvalue weighted by atomic mass is 32.2. The molecule has 0 aromatic heterocycles. The van der Waals surface area contributed by atoms with Crippen LogP contribution in [0.15, 0.2) is 23.9 Å². The highest BCUT2D eigenvalue weighted by molar-refractivity contribution is 7.97. The number of nitrogens with two attached hydrogens (primary N) is 1. The van der Waals surface area contributed by atoms with Crippen molar-refractivity contribution < 1.29 is 4.79 Å². The van der Waals surface area contributed by atoms with Crippen LogP contribution in [-0.4, -0.2) is 11.7 Å². The first-order chi connectivity index (χ1) is 5.74. The lowest BCUT2D eigenvalue weighted by molar-refractivity contribution is -0.117. The summed E-state index contributed by atoms with van der Waals surface area (Å²) in [6, 6.07) is 0. The molecule has 0 spiro atoms. The number of rotatable bonds is 4. The fraction of sp³-hybridized carbons (Fsp3) is 0.375. The summed E-state index contributed by atoms with van der Waals surface area (Å²) >= 11 is 1.02. The van der Waals surface area contributed by atoms with E-state index in [1.165, 1.54) is 0 Å². The van der Waals surface area contributed by atoms with Crippen LogP contribution in [-0.2, 0) is 4.79 Å². The van der Waals surface area contributed by atoms with E-state index in [-0.39, 0.29) is 11.7 Å². The molecule has 0 unspecified atom stereocenters. The average Bonchev–Trinajstić information content (AvgIpc) is 2.04. The molecule has 0 bridgehead atoms. The Morgan fingerprint density at radius 3 is 2.67 bits per heavy atom. The number of hydrogen-bond acceptors (Lipinski definition) is 3. The second kappa shape index (κ2) is 6.94. The molecule has 0 aromatic carbocycles. The van der Waals surface area contributed by atoms with Crippen molar-refractivity contribution in [3.05, 3.63) is 23.9 Å². The van der Waals surface area contributed by atoms with Crippen LogP contribution in [0.2, 0.25) is 0 Å². The molecule has 4 heteroatoms. The van der Waals surface area contributed by atoms with E-state index in [1.807, 2.05) is 32.1 Å². The Kier molecular flexibility index (Phi) is 6.51. The van der Waals surface area contributed by atoms with Crippen LogP contribution in [0.4, 0.5) is 0 Å². The lowest BCUT2D eigenvalue weighted by Crippen LogP contribution is -2.24. The van der Waals surface area contributed by atoms with E-state index in [2.05, 4.69) is 5.32 Å². The standard InChI is InChI=1S/C8H14N2OS/c1-3-5-7(4-2)10-8(11)6-12-9/h3-5H,6,9H2,1-2H3,(H,10,11)/b5-3-,7-4+. The van der Waals surface area contributed by atoms with E-state index in [0.29, 0.717) is 0 Å². The van der Waals surface area contributed by atoms with Gasteiger partial charge in [0.2, 0.25) is 5.91 Å². The predicted molar refractivity (Wildman–Crippen MR) is 53.4 cm³/mol. The maximum atomic E-state index is 11.0. The highest BCUT2D eigenvalue weighted by Gasteiger charge is 1.99. The Bertz CT molecular complexity index is 199. The molecule has 0 fully saturated rings. The Balaban J connectivity index is 3.95. The molecule has 0 saturated carbocycles. The van der Waals surface area contributed by atoms with Gasteiger partial charge in [-0.2, -0.15) is 0 Å². The maximum Gasteiger partial charge on any atom is 0.235 e. The molecule has 0 aliphatic carbocycles. The average molecular weight is 186 g/mol. The third-order valence-corrected chi connectivity index (χ3v) is 1.58. The first kappa shape index (κ1) is 11.3. The molecular formula is C8H14N2OS. The van der Waals surface area contributed by atoms with Crippen molar-refractivity contribution in [1.82, 2.24) is 5.32 Å². The van der Waals surface area contributed by atoms with Gasteiger partial charge in [0.1, 0.15) is 0 Å². The van der Waals surface area contributed by atoms with Gasteiger partial charge in [0.05, 0.1) is 5.75 Å². The first-order valence-corrected chi connectivity index (χ1v) is 4.70. The van der Waals surface area contributed by atoms with Crippen molar-refractivity contribution in [3.63, 3.8) is 0 Å². The molecule has 0 atom stereocenters. The minimum Gasteiger partial charge on any atom is -0.326 e. The molecule has 0 radical (unpaired) electrons. The van der Waals surface area contributed by atoms with Crippen molar-refractivity contribution >= 4 is 17.9 Å². The Morgan fingerprint density at radius 1 is 1.58 bits per heavy atom. The summed E-state index contributed by atoms with van der Waals surface area (Å²) in [5.74, 6) is 0.211. The second-order valence-corrected chi connectivity index (χ2v) is 2.73. The molecule has 0 aliphatic heterocycles. The molecule has 0 rings (SSSR count). The van der Waals surface area contributed by atoms with Gasteiger partial charge in [-0.05, 0) is 19.9 Å². The minimum absolute atomic E-state index is 0.0753. The Labute approximate surface area is 77.2 Å². The van der Waals surface area contributed by atoms with Crippen LogP contribution in [0.25, 0.3) is 0 Å². The highest BCUT2D eigenvalue weighted by Crippen LogP contribution is 1.93. The van der Waals surface area contributed by atoms with Gasteiger partial charge >= 0.3 is 0 Å². The quantitative estimate of drug-likeness (QED) is 0.512. The van der Waals surface area contributed by atoms with Gasteiger partial charge in [-0.3, -0.25) is 9.93 Å². The Morgan fingerprint density at radius 2 is 2.25 bits per heavy atom. The van der Waals surface area contributed by atoms with E-state index in [0.717, 1.165) is 17.6 Å². The van der Waals surface area contributed by atoms with Crippen LogP contribution in [0.3, 0.4) is 0 Å². The molecule has 12 heavy (non-hydrogen) atoms. The SMILES string of the molecule is C/C=C\C(=C/C)NC(=O)CSN. The van der Waals surface area contributed by atoms with Gasteiger partial charge < -0.3 is 5.32 Å². The molecule has 3 N–H and O–H groups in total. The molecule has 0 saturated heterocycles. The predicted octanol–water partition coefficient (Wildman–Crippen LogP) is 1.19. The van der Waals surface area contributed by atoms with E-state index >= 15 is 0 Å². The largest absolute Gasteiger partial charge is 0.326 e. The number of carbonyl (C=O) groups is 1. The Hall–Kier alpha value is -0.740. The molecule has 0 aromatic rings. The summed E-state index contributed by atoms with van der Waals surface area (Å²) in [5.41, 5.74) is 0.802. The van der Waals surface area contributed by atoms with Crippen LogP contribution in [0.1, 0.15) is 13.8 Å². The zero-order valence-electron chi connectivity index (χ0n) is 7.33. The minimum atomic E-state index is -0.0753. The lowest BCUT2D eigenvalue weighted by atomic mass is 10.3. The summed E-state index contributed by atoms with van der Waals surface area (Å²) < 4.78 is 0. The number of allylic oxidation sites excluding steroid dienone is 3. The van der Waals surface area contributed by atoms with E-state index in [9.17, 15) is 4.79 Å². The van der Waals surface area contributed by atoms with Crippen LogP contribution in [0, 0.1) is 0 Å². The van der Waals surface area contributed by atoms with Crippen LogP contribution < -0.4 is 10.5 Å². The summed E-state index contributed by atoms with van der Waals surface area (Å²) in [6.45, 7) is 3.76. The van der Waals surface area contributed by atoms with E-state index < -0.39 is 0 Å². The first-order valence-electron chi connectivity index (χ1n) is 3.65. The monoisotopic (exact) mass is 186 g/mol. The second-order valence-electron chi connectivity index (χ2n) is 2.10. The molecule has 3 nitrogen and oxygen atoms in total. The zero-order valence-corrected chi connectivity index (χ0v) is 8.15. The molecular weight excluding hydrogens is 172 g/mol. The van der Waals surface area contributed by atoms with Crippen molar-refractivity contribution in [1.29, 1.82) is 0 Å². The van der Waals surface area contributed by atoms with Crippen LogP contribution >= 0.6 is 11.9 Å². The smallest absolute Gasteiger partial charge is 0.235 e. The number of hydrogen-bond donors (Lipinski definition) is 2. The summed E-state index contributed by atoms with van der Waals surface area (Å²) in [5, 5.41) is 7.84. The van der Waals surface area contributed by atoms with Gasteiger partial charge in [0.25, 0.3) is 0 Å². The number of amides is 1. The third-order valence-electron chi connectivity index (χ3n) is 1.16. The van der Waals surface area contributed by atoms with E-state index in [1.54, 1.807) is 0 Å².